The van der Waals surface area contributed by atoms with E-state index in [1.807, 2.05) is 7.05 Å². The van der Waals surface area contributed by atoms with Crippen molar-refractivity contribution < 1.29 is 18.9 Å². The van der Waals surface area contributed by atoms with Crippen LogP contribution in [0, 0.1) is 5.92 Å². The topological polar surface area (TPSA) is 49.0 Å². The van der Waals surface area contributed by atoms with Crippen LogP contribution in [0.4, 0.5) is 0 Å². The van der Waals surface area contributed by atoms with E-state index < -0.39 is 0 Å². The van der Waals surface area contributed by atoms with E-state index in [1.54, 1.807) is 33.5 Å². The molecule has 0 fully saturated rings. The monoisotopic (exact) mass is 283 g/mol. The van der Waals surface area contributed by atoms with E-state index in [-0.39, 0.29) is 6.04 Å². The van der Waals surface area contributed by atoms with E-state index in [0.29, 0.717) is 35.5 Å². The molecule has 20 heavy (non-hydrogen) atoms. The fourth-order valence-corrected chi connectivity index (χ4v) is 1.94. The number of hydrogen-bond donors (Lipinski definition) is 1. The Morgan fingerprint density at radius 2 is 1.55 bits per heavy atom. The zero-order valence-electron chi connectivity index (χ0n) is 13.1. The molecule has 0 spiro atoms. The lowest BCUT2D eigenvalue weighted by Gasteiger charge is -2.21. The largest absolute Gasteiger partial charge is 0.493 e. The molecule has 0 saturated carbocycles. The molecule has 0 saturated heterocycles. The van der Waals surface area contributed by atoms with Gasteiger partial charge in [0, 0.05) is 18.2 Å². The van der Waals surface area contributed by atoms with Crippen LogP contribution < -0.4 is 24.3 Å². The normalized spacial score (nSPS) is 12.2. The molecule has 0 heterocycles. The van der Waals surface area contributed by atoms with Crippen LogP contribution in [-0.4, -0.2) is 41.0 Å². The first-order valence-corrected chi connectivity index (χ1v) is 6.67. The van der Waals surface area contributed by atoms with Gasteiger partial charge in [-0.3, -0.25) is 0 Å². The van der Waals surface area contributed by atoms with E-state index >= 15 is 0 Å². The Balaban J connectivity index is 2.90. The van der Waals surface area contributed by atoms with Crippen molar-refractivity contribution in [3.63, 3.8) is 0 Å². The van der Waals surface area contributed by atoms with Crippen LogP contribution >= 0.6 is 0 Å². The van der Waals surface area contributed by atoms with E-state index in [1.165, 1.54) is 0 Å². The van der Waals surface area contributed by atoms with Gasteiger partial charge < -0.3 is 24.3 Å². The van der Waals surface area contributed by atoms with Crippen LogP contribution in [0.1, 0.15) is 13.8 Å². The highest BCUT2D eigenvalue weighted by molar-refractivity contribution is 5.55. The van der Waals surface area contributed by atoms with Crippen LogP contribution in [0.2, 0.25) is 0 Å². The van der Waals surface area contributed by atoms with Gasteiger partial charge in [-0.2, -0.15) is 0 Å². The van der Waals surface area contributed by atoms with E-state index in [0.717, 1.165) is 0 Å². The number of hydrogen-bond acceptors (Lipinski definition) is 5. The quantitative estimate of drug-likeness (QED) is 0.793. The summed E-state index contributed by atoms with van der Waals surface area (Å²) in [6, 6.07) is 3.89. The molecule has 1 unspecified atom stereocenters. The predicted molar refractivity (Wildman–Crippen MR) is 79.3 cm³/mol. The predicted octanol–water partition coefficient (Wildman–Crippen LogP) is 2.34. The molecule has 0 aliphatic carbocycles. The first-order chi connectivity index (χ1) is 9.57. The van der Waals surface area contributed by atoms with Crippen LogP contribution in [0.15, 0.2) is 12.1 Å². The third kappa shape index (κ3) is 3.93. The maximum atomic E-state index is 5.83. The molecule has 0 amide bonds. The SMILES string of the molecule is CNC(COc1cc(OC)c(OC)c(OC)c1)C(C)C. The summed E-state index contributed by atoms with van der Waals surface area (Å²) in [5.41, 5.74) is 0. The fraction of sp³-hybridized carbons (Fsp3) is 0.600. The number of likely N-dealkylation sites (N-methyl/N-ethyl adjacent to an activating group) is 1. The van der Waals surface area contributed by atoms with Gasteiger partial charge in [-0.05, 0) is 13.0 Å². The Bertz CT molecular complexity index is 395. The zero-order valence-corrected chi connectivity index (χ0v) is 13.1. The average molecular weight is 283 g/mol. The Labute approximate surface area is 121 Å². The number of methoxy groups -OCH3 is 3. The molecule has 1 aromatic rings. The van der Waals surface area contributed by atoms with E-state index in [2.05, 4.69) is 19.2 Å². The highest BCUT2D eigenvalue weighted by Gasteiger charge is 2.16. The summed E-state index contributed by atoms with van der Waals surface area (Å²) in [6.07, 6.45) is 0. The minimum atomic E-state index is 0.286. The van der Waals surface area contributed by atoms with Crippen molar-refractivity contribution in [3.8, 4) is 23.0 Å². The van der Waals surface area contributed by atoms with Crippen molar-refractivity contribution >= 4 is 0 Å². The second-order valence-electron chi connectivity index (χ2n) is 4.81. The Hall–Kier alpha value is -1.62. The van der Waals surface area contributed by atoms with Gasteiger partial charge in [0.2, 0.25) is 5.75 Å². The second-order valence-corrected chi connectivity index (χ2v) is 4.81. The smallest absolute Gasteiger partial charge is 0.203 e. The minimum Gasteiger partial charge on any atom is -0.493 e. The molecule has 5 heteroatoms. The maximum absolute atomic E-state index is 5.83. The summed E-state index contributed by atoms with van der Waals surface area (Å²) in [4.78, 5) is 0. The van der Waals surface area contributed by atoms with Gasteiger partial charge >= 0.3 is 0 Å². The van der Waals surface area contributed by atoms with Crippen molar-refractivity contribution in [1.29, 1.82) is 0 Å². The summed E-state index contributed by atoms with van der Waals surface area (Å²) < 4.78 is 21.7. The standard InChI is InChI=1S/C15H25NO4/c1-10(2)12(16-3)9-20-11-7-13(17-4)15(19-6)14(8-11)18-5/h7-8,10,12,16H,9H2,1-6H3. The van der Waals surface area contributed by atoms with Crippen LogP contribution in [0.3, 0.4) is 0 Å². The second kappa shape index (κ2) is 7.85. The summed E-state index contributed by atoms with van der Waals surface area (Å²) in [6.45, 7) is 4.88. The van der Waals surface area contributed by atoms with Crippen LogP contribution in [-0.2, 0) is 0 Å². The van der Waals surface area contributed by atoms with Gasteiger partial charge in [0.25, 0.3) is 0 Å². The molecule has 1 aromatic carbocycles. The molecule has 1 atom stereocenters. The maximum Gasteiger partial charge on any atom is 0.203 e. The highest BCUT2D eigenvalue weighted by Crippen LogP contribution is 2.40. The zero-order chi connectivity index (χ0) is 15.1. The van der Waals surface area contributed by atoms with Crippen LogP contribution in [0.5, 0.6) is 23.0 Å². The average Bonchev–Trinajstić information content (AvgIpc) is 2.46. The molecule has 1 rings (SSSR count). The van der Waals surface area contributed by atoms with Crippen molar-refractivity contribution in [3.05, 3.63) is 12.1 Å². The lowest BCUT2D eigenvalue weighted by molar-refractivity contribution is 0.235. The first kappa shape index (κ1) is 16.4. The lowest BCUT2D eigenvalue weighted by Crippen LogP contribution is -2.36. The van der Waals surface area contributed by atoms with Crippen LogP contribution in [0.25, 0.3) is 0 Å². The number of rotatable bonds is 8. The van der Waals surface area contributed by atoms with E-state index in [4.69, 9.17) is 18.9 Å². The lowest BCUT2D eigenvalue weighted by atomic mass is 10.1. The number of nitrogens with one attached hydrogen (secondary N) is 1. The molecule has 0 aliphatic rings. The minimum absolute atomic E-state index is 0.286. The van der Waals surface area contributed by atoms with Gasteiger partial charge in [-0.15, -0.1) is 0 Å². The van der Waals surface area contributed by atoms with Gasteiger partial charge in [0.05, 0.1) is 21.3 Å². The van der Waals surface area contributed by atoms with Gasteiger partial charge in [0.15, 0.2) is 11.5 Å². The summed E-state index contributed by atoms with van der Waals surface area (Å²) in [5, 5.41) is 3.24. The molecule has 1 N–H and O–H groups in total. The molecule has 5 nitrogen and oxygen atoms in total. The van der Waals surface area contributed by atoms with E-state index in [9.17, 15) is 0 Å². The van der Waals surface area contributed by atoms with Crippen molar-refractivity contribution in [2.75, 3.05) is 35.0 Å². The third-order valence-corrected chi connectivity index (χ3v) is 3.24. The number of benzene rings is 1. The summed E-state index contributed by atoms with van der Waals surface area (Å²) in [5.74, 6) is 2.93. The third-order valence-electron chi connectivity index (χ3n) is 3.24. The number of ether oxygens (including phenoxy) is 4. The molecule has 0 radical (unpaired) electrons. The van der Waals surface area contributed by atoms with Crippen molar-refractivity contribution in [1.82, 2.24) is 5.32 Å². The summed E-state index contributed by atoms with van der Waals surface area (Å²) in [7, 11) is 6.69. The Morgan fingerprint density at radius 3 is 1.90 bits per heavy atom. The molecule has 0 bridgehead atoms. The molecule has 114 valence electrons. The summed E-state index contributed by atoms with van der Waals surface area (Å²) >= 11 is 0. The fourth-order valence-electron chi connectivity index (χ4n) is 1.94. The molecular weight excluding hydrogens is 258 g/mol. The highest BCUT2D eigenvalue weighted by atomic mass is 16.5. The van der Waals surface area contributed by atoms with Gasteiger partial charge in [-0.1, -0.05) is 13.8 Å². The molecular formula is C15H25NO4. The molecule has 0 aliphatic heterocycles. The van der Waals surface area contributed by atoms with Gasteiger partial charge in [-0.25, -0.2) is 0 Å². The molecule has 0 aromatic heterocycles. The Kier molecular flexibility index (Phi) is 6.45. The van der Waals surface area contributed by atoms with Crippen molar-refractivity contribution in [2.45, 2.75) is 19.9 Å². The van der Waals surface area contributed by atoms with Crippen molar-refractivity contribution in [2.24, 2.45) is 5.92 Å². The first-order valence-electron chi connectivity index (χ1n) is 6.67. The Morgan fingerprint density at radius 1 is 1.00 bits per heavy atom. The van der Waals surface area contributed by atoms with Gasteiger partial charge in [0.1, 0.15) is 12.4 Å².